The molecule has 0 saturated heterocycles. The van der Waals surface area contributed by atoms with Crippen LogP contribution in [0.3, 0.4) is 0 Å². The Morgan fingerprint density at radius 3 is 2.26 bits per heavy atom. The summed E-state index contributed by atoms with van der Waals surface area (Å²) in [7, 11) is 3.23. The lowest BCUT2D eigenvalue weighted by Crippen LogP contribution is -2.26. The van der Waals surface area contributed by atoms with Crippen LogP contribution in [0.25, 0.3) is 0 Å². The third-order valence-electron chi connectivity index (χ3n) is 4.98. The quantitative estimate of drug-likeness (QED) is 0.382. The van der Waals surface area contributed by atoms with Gasteiger partial charge in [-0.1, -0.05) is 0 Å². The number of aromatic nitrogens is 3. The second kappa shape index (κ2) is 9.86. The molecule has 0 fully saturated rings. The van der Waals surface area contributed by atoms with Gasteiger partial charge in [-0.15, -0.1) is 0 Å². The molecule has 0 atom stereocenters. The minimum absolute atomic E-state index is 0.0808. The lowest BCUT2D eigenvalue weighted by atomic mass is 10.2. The van der Waals surface area contributed by atoms with E-state index in [4.69, 9.17) is 4.74 Å². The first-order valence-electron chi connectivity index (χ1n) is 10.5. The highest BCUT2D eigenvalue weighted by Gasteiger charge is 2.11. The van der Waals surface area contributed by atoms with E-state index >= 15 is 0 Å². The summed E-state index contributed by atoms with van der Waals surface area (Å²) in [4.78, 5) is 33.5. The van der Waals surface area contributed by atoms with Crippen molar-refractivity contribution in [2.24, 2.45) is 7.05 Å². The molecule has 0 aliphatic heterocycles. The molecule has 9 heteroatoms. The summed E-state index contributed by atoms with van der Waals surface area (Å²) in [6, 6.07) is 19.6. The van der Waals surface area contributed by atoms with E-state index in [2.05, 4.69) is 25.9 Å². The fraction of sp³-hybridized carbons (Fsp3) is 0.120. The number of hydrogen-bond acceptors (Lipinski definition) is 7. The molecule has 4 rings (SSSR count). The van der Waals surface area contributed by atoms with Crippen molar-refractivity contribution in [3.8, 4) is 5.75 Å². The Balaban J connectivity index is 1.44. The van der Waals surface area contributed by atoms with Crippen molar-refractivity contribution in [2.45, 2.75) is 6.92 Å². The average molecular weight is 457 g/mol. The van der Waals surface area contributed by atoms with Crippen LogP contribution in [0.4, 0.5) is 28.8 Å². The molecule has 0 spiro atoms. The Kier molecular flexibility index (Phi) is 6.54. The fourth-order valence-corrected chi connectivity index (χ4v) is 3.25. The van der Waals surface area contributed by atoms with Gasteiger partial charge in [-0.25, -0.2) is 4.98 Å². The highest BCUT2D eigenvalue weighted by Crippen LogP contribution is 2.22. The number of carbonyl (C=O) groups is 1. The van der Waals surface area contributed by atoms with Gasteiger partial charge in [0.25, 0.3) is 11.5 Å². The van der Waals surface area contributed by atoms with Gasteiger partial charge in [-0.05, 0) is 67.6 Å². The lowest BCUT2D eigenvalue weighted by Gasteiger charge is -2.11. The number of pyridine rings is 1. The topological polar surface area (TPSA) is 110 Å². The van der Waals surface area contributed by atoms with E-state index in [0.29, 0.717) is 17.5 Å². The van der Waals surface area contributed by atoms with Crippen LogP contribution < -0.4 is 26.2 Å². The van der Waals surface area contributed by atoms with Crippen molar-refractivity contribution >= 4 is 34.7 Å². The summed E-state index contributed by atoms with van der Waals surface area (Å²) in [6.07, 6.45) is 1.60. The van der Waals surface area contributed by atoms with Crippen molar-refractivity contribution in [3.05, 3.63) is 94.5 Å². The van der Waals surface area contributed by atoms with Gasteiger partial charge in [0.1, 0.15) is 17.1 Å². The number of aryl methyl sites for hydroxylation is 2. The smallest absolute Gasteiger partial charge is 0.263 e. The predicted molar refractivity (Wildman–Crippen MR) is 132 cm³/mol. The Hall–Kier alpha value is -4.66. The van der Waals surface area contributed by atoms with Crippen LogP contribution in [0.2, 0.25) is 0 Å². The molecule has 2 heterocycles. The van der Waals surface area contributed by atoms with Crippen LogP contribution >= 0.6 is 0 Å². The van der Waals surface area contributed by atoms with Gasteiger partial charge in [-0.3, -0.25) is 9.59 Å². The molecule has 0 unspecified atom stereocenters. The summed E-state index contributed by atoms with van der Waals surface area (Å²) in [5.74, 6) is 1.39. The summed E-state index contributed by atoms with van der Waals surface area (Å²) in [5, 5.41) is 9.17. The third-order valence-corrected chi connectivity index (χ3v) is 4.98. The molecule has 34 heavy (non-hydrogen) atoms. The number of methoxy groups -OCH3 is 1. The third kappa shape index (κ3) is 5.39. The van der Waals surface area contributed by atoms with Crippen LogP contribution in [-0.2, 0) is 7.05 Å². The first-order valence-corrected chi connectivity index (χ1v) is 10.5. The summed E-state index contributed by atoms with van der Waals surface area (Å²) in [5.41, 5.74) is 2.70. The van der Waals surface area contributed by atoms with Gasteiger partial charge in [0, 0.05) is 42.1 Å². The monoisotopic (exact) mass is 456 g/mol. The number of amides is 1. The van der Waals surface area contributed by atoms with E-state index in [1.807, 2.05) is 37.3 Å². The minimum atomic E-state index is -0.460. The first kappa shape index (κ1) is 22.5. The van der Waals surface area contributed by atoms with Gasteiger partial charge < -0.3 is 25.3 Å². The summed E-state index contributed by atoms with van der Waals surface area (Å²) < 4.78 is 6.55. The van der Waals surface area contributed by atoms with Crippen molar-refractivity contribution in [2.75, 3.05) is 23.1 Å². The highest BCUT2D eigenvalue weighted by atomic mass is 16.5. The second-order valence-electron chi connectivity index (χ2n) is 7.57. The molecule has 0 saturated carbocycles. The van der Waals surface area contributed by atoms with E-state index in [9.17, 15) is 9.59 Å². The minimum Gasteiger partial charge on any atom is -0.497 e. The number of anilines is 5. The number of benzene rings is 2. The molecule has 0 aliphatic carbocycles. The zero-order valence-corrected chi connectivity index (χ0v) is 19.0. The van der Waals surface area contributed by atoms with Gasteiger partial charge in [0.15, 0.2) is 0 Å². The number of ether oxygens (including phenoxy) is 1. The number of hydrogen-bond donors (Lipinski definition) is 3. The van der Waals surface area contributed by atoms with Gasteiger partial charge >= 0.3 is 0 Å². The molecule has 0 radical (unpaired) electrons. The maximum atomic E-state index is 12.4. The molecular weight excluding hydrogens is 432 g/mol. The van der Waals surface area contributed by atoms with Crippen LogP contribution in [0.1, 0.15) is 16.1 Å². The van der Waals surface area contributed by atoms with Crippen LogP contribution in [0.5, 0.6) is 5.75 Å². The van der Waals surface area contributed by atoms with E-state index in [0.717, 1.165) is 22.8 Å². The van der Waals surface area contributed by atoms with Gasteiger partial charge in [-0.2, -0.15) is 4.98 Å². The van der Waals surface area contributed by atoms with E-state index < -0.39 is 5.91 Å². The van der Waals surface area contributed by atoms with E-state index in [-0.39, 0.29) is 11.1 Å². The van der Waals surface area contributed by atoms with E-state index in [1.54, 1.807) is 50.7 Å². The number of carbonyl (C=O) groups excluding carboxylic acids is 1. The maximum Gasteiger partial charge on any atom is 0.263 e. The largest absolute Gasteiger partial charge is 0.497 e. The maximum absolute atomic E-state index is 12.4. The van der Waals surface area contributed by atoms with Gasteiger partial charge in [0.2, 0.25) is 5.95 Å². The number of nitrogens with zero attached hydrogens (tertiary/aromatic N) is 3. The molecule has 2 aromatic carbocycles. The molecule has 172 valence electrons. The molecule has 0 bridgehead atoms. The van der Waals surface area contributed by atoms with Gasteiger partial charge in [0.05, 0.1) is 7.11 Å². The van der Waals surface area contributed by atoms with Crippen molar-refractivity contribution in [3.63, 3.8) is 0 Å². The lowest BCUT2D eigenvalue weighted by molar-refractivity contribution is 0.102. The Morgan fingerprint density at radius 2 is 1.56 bits per heavy atom. The standard InChI is InChI=1S/C25H24N6O3/c1-16-15-22(27-17-10-12-20(34-3)13-11-17)30-25(26-16)29-19-8-6-18(7-9-19)28-23(32)21-5-4-14-31(2)24(21)33/h4-15H,1-3H3,(H,28,32)(H2,26,27,29,30). The molecule has 9 nitrogen and oxygen atoms in total. The van der Waals surface area contributed by atoms with Crippen molar-refractivity contribution < 1.29 is 9.53 Å². The number of nitrogens with one attached hydrogen (secondary N) is 3. The van der Waals surface area contributed by atoms with Crippen molar-refractivity contribution in [1.29, 1.82) is 0 Å². The fourth-order valence-electron chi connectivity index (χ4n) is 3.25. The van der Waals surface area contributed by atoms with Crippen LogP contribution in [0, 0.1) is 6.92 Å². The Labute approximate surface area is 196 Å². The summed E-state index contributed by atoms with van der Waals surface area (Å²) in [6.45, 7) is 1.89. The SMILES string of the molecule is COc1ccc(Nc2cc(C)nc(Nc3ccc(NC(=O)c4cccn(C)c4=O)cc3)n2)cc1. The van der Waals surface area contributed by atoms with E-state index in [1.165, 1.54) is 10.6 Å². The molecule has 2 aromatic heterocycles. The Bertz CT molecular complexity index is 1370. The molecule has 3 N–H and O–H groups in total. The normalized spacial score (nSPS) is 10.4. The molecular formula is C25H24N6O3. The van der Waals surface area contributed by atoms with Crippen molar-refractivity contribution in [1.82, 2.24) is 14.5 Å². The zero-order valence-electron chi connectivity index (χ0n) is 19.0. The average Bonchev–Trinajstić information content (AvgIpc) is 2.82. The molecule has 0 aliphatic rings. The predicted octanol–water partition coefficient (Wildman–Crippen LogP) is 4.23. The second-order valence-corrected chi connectivity index (χ2v) is 7.57. The van der Waals surface area contributed by atoms with Crippen LogP contribution in [0.15, 0.2) is 77.7 Å². The summed E-state index contributed by atoms with van der Waals surface area (Å²) >= 11 is 0. The molecule has 1 amide bonds. The van der Waals surface area contributed by atoms with Crippen LogP contribution in [-0.4, -0.2) is 27.6 Å². The number of rotatable bonds is 7. The zero-order chi connectivity index (χ0) is 24.1. The highest BCUT2D eigenvalue weighted by molar-refractivity contribution is 6.04. The Morgan fingerprint density at radius 1 is 0.912 bits per heavy atom. The molecule has 4 aromatic rings. The first-order chi connectivity index (χ1) is 16.4.